The van der Waals surface area contributed by atoms with Crippen LogP contribution < -0.4 is 10.2 Å². The smallest absolute Gasteiger partial charge is 0.136 e. The van der Waals surface area contributed by atoms with Crippen LogP contribution in [0.4, 0.5) is 5.82 Å². The molecule has 0 atom stereocenters. The maximum atomic E-state index is 4.67. The van der Waals surface area contributed by atoms with Crippen LogP contribution in [-0.4, -0.2) is 31.2 Å². The van der Waals surface area contributed by atoms with E-state index in [1.807, 2.05) is 6.20 Å². The van der Waals surface area contributed by atoms with Crippen molar-refractivity contribution in [2.45, 2.75) is 26.2 Å². The van der Waals surface area contributed by atoms with Gasteiger partial charge in [0.2, 0.25) is 0 Å². The van der Waals surface area contributed by atoms with E-state index in [0.29, 0.717) is 5.92 Å². The molecule has 2 heterocycles. The number of anilines is 1. The molecule has 20 heavy (non-hydrogen) atoms. The Bertz CT molecular complexity index is 584. The number of aromatic nitrogens is 1. The highest BCUT2D eigenvalue weighted by Gasteiger charge is 2.14. The van der Waals surface area contributed by atoms with E-state index in [0.717, 1.165) is 32.0 Å². The van der Waals surface area contributed by atoms with Gasteiger partial charge in [0.15, 0.2) is 0 Å². The Balaban J connectivity index is 2.06. The Kier molecular flexibility index (Phi) is 3.88. The zero-order chi connectivity index (χ0) is 13.9. The predicted octanol–water partition coefficient (Wildman–Crippen LogP) is 3.16. The van der Waals surface area contributed by atoms with Gasteiger partial charge in [-0.3, -0.25) is 0 Å². The molecule has 2 aromatic rings. The lowest BCUT2D eigenvalue weighted by Gasteiger charge is -2.23. The van der Waals surface area contributed by atoms with E-state index in [-0.39, 0.29) is 0 Å². The number of fused-ring (bicyclic) bond motifs is 1. The fourth-order valence-corrected chi connectivity index (χ4v) is 2.84. The van der Waals surface area contributed by atoms with Crippen molar-refractivity contribution < 1.29 is 0 Å². The molecule has 1 aromatic heterocycles. The van der Waals surface area contributed by atoms with Crippen LogP contribution in [0.2, 0.25) is 0 Å². The first-order valence-electron chi connectivity index (χ1n) is 7.60. The highest BCUT2D eigenvalue weighted by atomic mass is 15.2. The van der Waals surface area contributed by atoms with E-state index < -0.39 is 0 Å². The van der Waals surface area contributed by atoms with Gasteiger partial charge in [-0.15, -0.1) is 0 Å². The molecule has 3 nitrogen and oxygen atoms in total. The maximum Gasteiger partial charge on any atom is 0.136 e. The summed E-state index contributed by atoms with van der Waals surface area (Å²) in [4.78, 5) is 7.09. The van der Waals surface area contributed by atoms with Crippen LogP contribution in [0, 0.1) is 0 Å². The summed E-state index contributed by atoms with van der Waals surface area (Å²) in [5, 5.41) is 6.04. The van der Waals surface area contributed by atoms with E-state index >= 15 is 0 Å². The predicted molar refractivity (Wildman–Crippen MR) is 85.5 cm³/mol. The molecule has 0 radical (unpaired) electrons. The fourth-order valence-electron chi connectivity index (χ4n) is 2.84. The number of pyridine rings is 1. The summed E-state index contributed by atoms with van der Waals surface area (Å²) in [7, 11) is 0. The van der Waals surface area contributed by atoms with E-state index in [1.165, 1.54) is 22.8 Å². The van der Waals surface area contributed by atoms with Crippen molar-refractivity contribution in [1.82, 2.24) is 10.3 Å². The molecule has 0 bridgehead atoms. The summed E-state index contributed by atoms with van der Waals surface area (Å²) in [6.45, 7) is 8.77. The third-order valence-corrected chi connectivity index (χ3v) is 4.08. The van der Waals surface area contributed by atoms with Crippen LogP contribution in [-0.2, 0) is 0 Å². The lowest BCUT2D eigenvalue weighted by molar-refractivity contribution is 0.724. The van der Waals surface area contributed by atoms with Gasteiger partial charge in [0.05, 0.1) is 0 Å². The Hall–Kier alpha value is -1.61. The van der Waals surface area contributed by atoms with E-state index in [9.17, 15) is 0 Å². The van der Waals surface area contributed by atoms with Crippen molar-refractivity contribution in [2.24, 2.45) is 0 Å². The molecule has 1 fully saturated rings. The number of rotatable bonds is 2. The second-order valence-corrected chi connectivity index (χ2v) is 5.86. The Morgan fingerprint density at radius 2 is 2.05 bits per heavy atom. The molecular formula is C17H23N3. The van der Waals surface area contributed by atoms with Gasteiger partial charge in [-0.05, 0) is 42.0 Å². The third kappa shape index (κ3) is 2.63. The summed E-state index contributed by atoms with van der Waals surface area (Å²) < 4.78 is 0. The minimum absolute atomic E-state index is 0.554. The van der Waals surface area contributed by atoms with Crippen molar-refractivity contribution in [3.8, 4) is 0 Å². The molecule has 0 unspecified atom stereocenters. The molecule has 0 aliphatic carbocycles. The van der Waals surface area contributed by atoms with Crippen molar-refractivity contribution >= 4 is 16.6 Å². The topological polar surface area (TPSA) is 28.2 Å². The Morgan fingerprint density at radius 1 is 1.15 bits per heavy atom. The van der Waals surface area contributed by atoms with Gasteiger partial charge in [-0.1, -0.05) is 26.0 Å². The molecule has 0 spiro atoms. The van der Waals surface area contributed by atoms with E-state index in [2.05, 4.69) is 53.3 Å². The van der Waals surface area contributed by atoms with Crippen LogP contribution in [0.3, 0.4) is 0 Å². The summed E-state index contributed by atoms with van der Waals surface area (Å²) in [5.74, 6) is 1.70. The molecular weight excluding hydrogens is 246 g/mol. The van der Waals surface area contributed by atoms with Crippen LogP contribution in [0.5, 0.6) is 0 Å². The van der Waals surface area contributed by atoms with Crippen LogP contribution in [0.15, 0.2) is 30.5 Å². The molecule has 1 aliphatic rings. The first-order chi connectivity index (χ1) is 9.75. The molecule has 106 valence electrons. The van der Waals surface area contributed by atoms with Gasteiger partial charge < -0.3 is 10.2 Å². The Morgan fingerprint density at radius 3 is 2.90 bits per heavy atom. The van der Waals surface area contributed by atoms with Gasteiger partial charge in [-0.2, -0.15) is 0 Å². The second-order valence-electron chi connectivity index (χ2n) is 5.86. The number of hydrogen-bond acceptors (Lipinski definition) is 3. The van der Waals surface area contributed by atoms with Crippen LogP contribution in [0.25, 0.3) is 10.8 Å². The summed E-state index contributed by atoms with van der Waals surface area (Å²) in [6.07, 6.45) is 3.12. The monoisotopic (exact) mass is 269 g/mol. The van der Waals surface area contributed by atoms with Crippen LogP contribution >= 0.6 is 0 Å². The van der Waals surface area contributed by atoms with Gasteiger partial charge in [0.1, 0.15) is 5.82 Å². The molecule has 1 saturated heterocycles. The molecule has 1 aliphatic heterocycles. The quantitative estimate of drug-likeness (QED) is 0.907. The fraction of sp³-hybridized carbons (Fsp3) is 0.471. The van der Waals surface area contributed by atoms with Crippen molar-refractivity contribution in [2.75, 3.05) is 31.1 Å². The molecule has 1 aromatic carbocycles. The first-order valence-corrected chi connectivity index (χ1v) is 7.60. The lowest BCUT2D eigenvalue weighted by atomic mass is 9.99. The minimum atomic E-state index is 0.554. The number of nitrogens with zero attached hydrogens (tertiary/aromatic N) is 2. The largest absolute Gasteiger partial charge is 0.355 e. The van der Waals surface area contributed by atoms with Crippen LogP contribution in [0.1, 0.15) is 31.7 Å². The molecule has 3 heteroatoms. The van der Waals surface area contributed by atoms with Gasteiger partial charge >= 0.3 is 0 Å². The van der Waals surface area contributed by atoms with Gasteiger partial charge in [0.25, 0.3) is 0 Å². The summed E-state index contributed by atoms with van der Waals surface area (Å²) in [6, 6.07) is 8.90. The van der Waals surface area contributed by atoms with Gasteiger partial charge in [-0.25, -0.2) is 4.98 Å². The first kappa shape index (κ1) is 13.4. The standard InChI is InChI=1S/C17H23N3/c1-13(2)15-5-4-14-6-8-19-17(16(14)12-15)20-10-3-7-18-9-11-20/h4-6,8,12-13,18H,3,7,9-11H2,1-2H3. The molecule has 3 rings (SSSR count). The average molecular weight is 269 g/mol. The second kappa shape index (κ2) is 5.80. The average Bonchev–Trinajstić information content (AvgIpc) is 2.75. The zero-order valence-corrected chi connectivity index (χ0v) is 12.4. The van der Waals surface area contributed by atoms with Crippen molar-refractivity contribution in [3.63, 3.8) is 0 Å². The van der Waals surface area contributed by atoms with E-state index in [1.54, 1.807) is 0 Å². The Labute approximate surface area is 121 Å². The summed E-state index contributed by atoms with van der Waals surface area (Å²) in [5.41, 5.74) is 1.39. The highest BCUT2D eigenvalue weighted by Crippen LogP contribution is 2.28. The summed E-state index contributed by atoms with van der Waals surface area (Å²) >= 11 is 0. The third-order valence-electron chi connectivity index (χ3n) is 4.08. The number of benzene rings is 1. The molecule has 1 N–H and O–H groups in total. The lowest BCUT2D eigenvalue weighted by Crippen LogP contribution is -2.28. The molecule has 0 saturated carbocycles. The zero-order valence-electron chi connectivity index (χ0n) is 12.4. The number of nitrogens with one attached hydrogen (secondary N) is 1. The number of hydrogen-bond donors (Lipinski definition) is 1. The normalized spacial score (nSPS) is 16.6. The molecule has 0 amide bonds. The van der Waals surface area contributed by atoms with E-state index in [4.69, 9.17) is 0 Å². The highest BCUT2D eigenvalue weighted by molar-refractivity contribution is 5.92. The van der Waals surface area contributed by atoms with Crippen molar-refractivity contribution in [3.05, 3.63) is 36.0 Å². The van der Waals surface area contributed by atoms with Crippen molar-refractivity contribution in [1.29, 1.82) is 0 Å². The SMILES string of the molecule is CC(C)c1ccc2ccnc(N3CCCNCC3)c2c1. The minimum Gasteiger partial charge on any atom is -0.355 e. The van der Waals surface area contributed by atoms with Gasteiger partial charge in [0, 0.05) is 31.2 Å². The maximum absolute atomic E-state index is 4.67.